The molecule has 44 heavy (non-hydrogen) atoms. The maximum atomic E-state index is 13.0. The average Bonchev–Trinajstić information content (AvgIpc) is 3.76. The lowest BCUT2D eigenvalue weighted by atomic mass is 9.48. The second kappa shape index (κ2) is 12.4. The first kappa shape index (κ1) is 30.3. The Kier molecular flexibility index (Phi) is 8.54. The maximum absolute atomic E-state index is 13.0. The smallest absolute Gasteiger partial charge is 0.308 e. The maximum Gasteiger partial charge on any atom is 0.308 e. The fourth-order valence-corrected chi connectivity index (χ4v) is 9.50. The largest absolute Gasteiger partial charge is 0.483 e. The van der Waals surface area contributed by atoms with E-state index in [1.165, 1.54) is 69.4 Å². The molecule has 2 bridgehead atoms. The van der Waals surface area contributed by atoms with Crippen molar-refractivity contribution in [3.8, 4) is 11.5 Å². The van der Waals surface area contributed by atoms with Gasteiger partial charge in [0.2, 0.25) is 0 Å². The van der Waals surface area contributed by atoms with Crippen LogP contribution in [0.2, 0.25) is 0 Å². The van der Waals surface area contributed by atoms with E-state index in [1.54, 1.807) is 0 Å². The van der Waals surface area contributed by atoms with Gasteiger partial charge in [-0.05, 0) is 107 Å². The molecule has 0 amide bonds. The standard InChI is InChI=1S/C38H52N2O4/c1-3-4-22-39(23-11-6-5-8-12-28-13-9-7-10-14-28)31-19-20-38(42)33-25-30-17-18-32(43-27(2)41)35-34(30)37(38,36(31)44-35)21-24-40(33)26-29-15-16-29/h7,9-10,13-14,17-18,29,31,33,36,42H,3-6,8,11-12,15-16,19-26H2,1-2H3/t31?,33-,36?,37+,38-/m1/s1. The molecular weight excluding hydrogens is 548 g/mol. The van der Waals surface area contributed by atoms with E-state index in [1.807, 2.05) is 6.07 Å². The van der Waals surface area contributed by atoms with Crippen molar-refractivity contribution in [2.24, 2.45) is 5.92 Å². The van der Waals surface area contributed by atoms with Gasteiger partial charge in [-0.1, -0.05) is 62.6 Å². The van der Waals surface area contributed by atoms with Crippen molar-refractivity contribution in [3.05, 3.63) is 59.2 Å². The van der Waals surface area contributed by atoms with Crippen LogP contribution in [0.15, 0.2) is 42.5 Å². The minimum absolute atomic E-state index is 0.121. The van der Waals surface area contributed by atoms with E-state index in [0.29, 0.717) is 5.75 Å². The molecule has 2 saturated carbocycles. The third-order valence-electron chi connectivity index (χ3n) is 11.7. The van der Waals surface area contributed by atoms with Crippen LogP contribution in [0.1, 0.15) is 101 Å². The van der Waals surface area contributed by atoms with E-state index in [9.17, 15) is 9.90 Å². The molecule has 5 atom stereocenters. The van der Waals surface area contributed by atoms with E-state index in [0.717, 1.165) is 75.5 Å². The highest BCUT2D eigenvalue weighted by molar-refractivity contribution is 5.72. The topological polar surface area (TPSA) is 62.2 Å². The third kappa shape index (κ3) is 5.29. The van der Waals surface area contributed by atoms with Crippen molar-refractivity contribution in [2.75, 3.05) is 26.2 Å². The average molecular weight is 601 g/mol. The minimum atomic E-state index is -0.831. The van der Waals surface area contributed by atoms with E-state index < -0.39 is 11.0 Å². The summed E-state index contributed by atoms with van der Waals surface area (Å²) in [6.45, 7) is 7.99. The highest BCUT2D eigenvalue weighted by atomic mass is 16.6. The number of hydrogen-bond acceptors (Lipinski definition) is 6. The van der Waals surface area contributed by atoms with Crippen LogP contribution in [0.5, 0.6) is 11.5 Å². The lowest BCUT2D eigenvalue weighted by Crippen LogP contribution is -2.78. The number of ether oxygens (including phenoxy) is 2. The molecule has 238 valence electrons. The minimum Gasteiger partial charge on any atom is -0.483 e. The molecule has 0 aromatic heterocycles. The molecule has 2 aromatic carbocycles. The van der Waals surface area contributed by atoms with Gasteiger partial charge in [-0.25, -0.2) is 0 Å². The number of benzene rings is 2. The molecule has 2 aromatic rings. The summed E-state index contributed by atoms with van der Waals surface area (Å²) in [5, 5.41) is 13.0. The summed E-state index contributed by atoms with van der Waals surface area (Å²) < 4.78 is 12.8. The first-order valence-electron chi connectivity index (χ1n) is 17.7. The number of carbonyl (C=O) groups is 1. The summed E-state index contributed by atoms with van der Waals surface area (Å²) in [5.41, 5.74) is 2.59. The zero-order valence-electron chi connectivity index (χ0n) is 26.9. The molecule has 3 fully saturated rings. The van der Waals surface area contributed by atoms with Gasteiger partial charge in [0.15, 0.2) is 11.5 Å². The fourth-order valence-electron chi connectivity index (χ4n) is 9.50. The molecule has 1 saturated heterocycles. The van der Waals surface area contributed by atoms with Crippen molar-refractivity contribution in [3.63, 3.8) is 0 Å². The summed E-state index contributed by atoms with van der Waals surface area (Å²) in [6, 6.07) is 15.3. The Morgan fingerprint density at radius 3 is 2.59 bits per heavy atom. The van der Waals surface area contributed by atoms with E-state index in [4.69, 9.17) is 9.47 Å². The van der Waals surface area contributed by atoms with Gasteiger partial charge in [0.25, 0.3) is 0 Å². The number of esters is 1. The predicted molar refractivity (Wildman–Crippen MR) is 173 cm³/mol. The first-order chi connectivity index (χ1) is 21.4. The number of likely N-dealkylation sites (tertiary alicyclic amines) is 1. The van der Waals surface area contributed by atoms with Crippen LogP contribution in [0.3, 0.4) is 0 Å². The van der Waals surface area contributed by atoms with E-state index >= 15 is 0 Å². The second-order valence-electron chi connectivity index (χ2n) is 14.5. The van der Waals surface area contributed by atoms with Crippen LogP contribution in [-0.2, 0) is 23.1 Å². The second-order valence-corrected chi connectivity index (χ2v) is 14.5. The number of rotatable bonds is 14. The number of hydrogen-bond donors (Lipinski definition) is 1. The molecule has 1 spiro atoms. The van der Waals surface area contributed by atoms with Crippen molar-refractivity contribution >= 4 is 5.97 Å². The first-order valence-corrected chi connectivity index (χ1v) is 17.7. The molecule has 2 aliphatic heterocycles. The highest BCUT2D eigenvalue weighted by Crippen LogP contribution is 2.66. The van der Waals surface area contributed by atoms with Gasteiger partial charge in [-0.3, -0.25) is 14.6 Å². The Hall–Kier alpha value is -2.41. The number of carbonyl (C=O) groups excluding carboxylic acids is 1. The molecule has 2 heterocycles. The van der Waals surface area contributed by atoms with Gasteiger partial charge in [-0.2, -0.15) is 0 Å². The highest BCUT2D eigenvalue weighted by Gasteiger charge is 2.73. The molecule has 0 radical (unpaired) electrons. The zero-order valence-corrected chi connectivity index (χ0v) is 26.9. The number of piperidine rings is 1. The number of aryl methyl sites for hydroxylation is 1. The summed E-state index contributed by atoms with van der Waals surface area (Å²) in [4.78, 5) is 17.5. The van der Waals surface area contributed by atoms with Crippen LogP contribution in [-0.4, -0.2) is 70.8 Å². The van der Waals surface area contributed by atoms with Crippen molar-refractivity contribution in [2.45, 2.75) is 127 Å². The molecule has 6 nitrogen and oxygen atoms in total. The molecular formula is C38H52N2O4. The number of unbranched alkanes of at least 4 members (excludes halogenated alkanes) is 4. The monoisotopic (exact) mass is 600 g/mol. The quantitative estimate of drug-likeness (QED) is 0.153. The molecule has 5 aliphatic rings. The lowest BCUT2D eigenvalue weighted by Gasteiger charge is -2.65. The van der Waals surface area contributed by atoms with Gasteiger partial charge in [-0.15, -0.1) is 0 Å². The summed E-state index contributed by atoms with van der Waals surface area (Å²) in [5.74, 6) is 1.73. The van der Waals surface area contributed by atoms with Gasteiger partial charge < -0.3 is 14.6 Å². The molecule has 3 aliphatic carbocycles. The molecule has 2 unspecified atom stereocenters. The Morgan fingerprint density at radius 1 is 1.02 bits per heavy atom. The molecule has 1 N–H and O–H groups in total. The zero-order chi connectivity index (χ0) is 30.3. The fraction of sp³-hybridized carbons (Fsp3) is 0.658. The van der Waals surface area contributed by atoms with Gasteiger partial charge in [0.05, 0.1) is 11.0 Å². The third-order valence-corrected chi connectivity index (χ3v) is 11.7. The normalized spacial score (nSPS) is 30.2. The van der Waals surface area contributed by atoms with Crippen molar-refractivity contribution < 1.29 is 19.4 Å². The van der Waals surface area contributed by atoms with E-state index in [-0.39, 0.29) is 24.2 Å². The van der Waals surface area contributed by atoms with Crippen molar-refractivity contribution in [1.29, 1.82) is 0 Å². The van der Waals surface area contributed by atoms with Crippen LogP contribution in [0, 0.1) is 5.92 Å². The SMILES string of the molecule is CCCCN(CCCCCCc1ccccc1)C1CC[C@@]2(O)[C@H]3Cc4ccc(OC(C)=O)c5c4[C@@]2(CCN3CC2CC2)C1O5. The summed E-state index contributed by atoms with van der Waals surface area (Å²) in [6.07, 6.45) is 14.4. The number of nitrogens with zero attached hydrogens (tertiary/aromatic N) is 2. The van der Waals surface area contributed by atoms with Crippen LogP contribution < -0.4 is 9.47 Å². The lowest BCUT2D eigenvalue weighted by molar-refractivity contribution is -0.200. The van der Waals surface area contributed by atoms with Crippen LogP contribution >= 0.6 is 0 Å². The van der Waals surface area contributed by atoms with Gasteiger partial charge in [0, 0.05) is 31.1 Å². The van der Waals surface area contributed by atoms with Gasteiger partial charge in [0.1, 0.15) is 6.10 Å². The van der Waals surface area contributed by atoms with E-state index in [2.05, 4.69) is 53.1 Å². The Balaban J connectivity index is 1.14. The Bertz CT molecular complexity index is 1330. The summed E-state index contributed by atoms with van der Waals surface area (Å²) >= 11 is 0. The molecule has 7 rings (SSSR count). The Morgan fingerprint density at radius 2 is 1.82 bits per heavy atom. The van der Waals surface area contributed by atoms with Crippen LogP contribution in [0.25, 0.3) is 0 Å². The predicted octanol–water partition coefficient (Wildman–Crippen LogP) is 6.45. The Labute approximate surface area is 264 Å². The van der Waals surface area contributed by atoms with Gasteiger partial charge >= 0.3 is 5.97 Å². The summed E-state index contributed by atoms with van der Waals surface area (Å²) in [7, 11) is 0. The van der Waals surface area contributed by atoms with Crippen molar-refractivity contribution in [1.82, 2.24) is 9.80 Å². The molecule has 6 heteroatoms. The number of aliphatic hydroxyl groups is 1. The van der Waals surface area contributed by atoms with Crippen LogP contribution in [0.4, 0.5) is 0 Å².